The van der Waals surface area contributed by atoms with Gasteiger partial charge in [0.25, 0.3) is 0 Å². The van der Waals surface area contributed by atoms with Crippen molar-refractivity contribution in [2.24, 2.45) is 0 Å². The number of methoxy groups -OCH3 is 1. The van der Waals surface area contributed by atoms with Gasteiger partial charge >= 0.3 is 5.63 Å². The van der Waals surface area contributed by atoms with Crippen molar-refractivity contribution in [3.8, 4) is 5.75 Å². The molecule has 3 rings (SSSR count). The zero-order valence-corrected chi connectivity index (χ0v) is 16.1. The van der Waals surface area contributed by atoms with Crippen molar-refractivity contribution >= 4 is 26.7 Å². The average molecular weight is 395 g/mol. The second kappa shape index (κ2) is 6.97. The van der Waals surface area contributed by atoms with Crippen LogP contribution in [0.4, 0.5) is 0 Å². The number of sulfone groups is 1. The minimum Gasteiger partial charge on any atom is -0.496 e. The van der Waals surface area contributed by atoms with Gasteiger partial charge in [0.15, 0.2) is 9.84 Å². The maximum atomic E-state index is 12.4. The van der Waals surface area contributed by atoms with E-state index in [0.29, 0.717) is 22.3 Å². The second-order valence-corrected chi connectivity index (χ2v) is 8.98. The lowest BCUT2D eigenvalue weighted by molar-refractivity contribution is -0.121. The van der Waals surface area contributed by atoms with E-state index in [1.54, 1.807) is 19.1 Å². The van der Waals surface area contributed by atoms with Gasteiger partial charge in [-0.05, 0) is 37.1 Å². The molecule has 2 aromatic rings. The van der Waals surface area contributed by atoms with Gasteiger partial charge in [0.2, 0.25) is 5.91 Å². The van der Waals surface area contributed by atoms with E-state index in [9.17, 15) is 23.1 Å². The van der Waals surface area contributed by atoms with E-state index in [0.717, 1.165) is 5.56 Å². The smallest absolute Gasteiger partial charge is 0.340 e. The Labute approximate surface area is 156 Å². The van der Waals surface area contributed by atoms with E-state index in [1.807, 2.05) is 6.92 Å². The topological polar surface area (TPSA) is 123 Å². The number of rotatable bonds is 4. The summed E-state index contributed by atoms with van der Waals surface area (Å²) >= 11 is 0. The van der Waals surface area contributed by atoms with Gasteiger partial charge < -0.3 is 19.6 Å². The molecule has 8 nitrogen and oxygen atoms in total. The summed E-state index contributed by atoms with van der Waals surface area (Å²) in [7, 11) is -1.88. The third-order valence-electron chi connectivity index (χ3n) is 4.71. The van der Waals surface area contributed by atoms with Crippen molar-refractivity contribution in [1.82, 2.24) is 5.32 Å². The van der Waals surface area contributed by atoms with Crippen molar-refractivity contribution < 1.29 is 27.5 Å². The Kier molecular flexibility index (Phi) is 5.00. The van der Waals surface area contributed by atoms with Crippen LogP contribution in [-0.4, -0.2) is 50.2 Å². The molecule has 0 unspecified atom stereocenters. The summed E-state index contributed by atoms with van der Waals surface area (Å²) in [5, 5.41) is 12.9. The SMILES string of the molecule is COc1cc(C)cc2oc(=O)c(CC(=O)N[C@@H]3CS(=O)(=O)C[C@@H]3O)c(C)c12. The van der Waals surface area contributed by atoms with Gasteiger partial charge in [-0.25, -0.2) is 13.2 Å². The summed E-state index contributed by atoms with van der Waals surface area (Å²) in [6, 6.07) is 2.64. The van der Waals surface area contributed by atoms with Crippen LogP contribution < -0.4 is 15.7 Å². The fourth-order valence-electron chi connectivity index (χ4n) is 3.39. The Balaban J connectivity index is 1.92. The summed E-state index contributed by atoms with van der Waals surface area (Å²) in [5.74, 6) is -0.730. The highest BCUT2D eigenvalue weighted by Crippen LogP contribution is 2.30. The number of carbonyl (C=O) groups is 1. The first kappa shape index (κ1) is 19.4. The minimum absolute atomic E-state index is 0.164. The minimum atomic E-state index is -3.38. The summed E-state index contributed by atoms with van der Waals surface area (Å²) in [4.78, 5) is 24.7. The molecular formula is C18H21NO7S. The van der Waals surface area contributed by atoms with E-state index in [4.69, 9.17) is 9.15 Å². The quantitative estimate of drug-likeness (QED) is 0.711. The number of fused-ring (bicyclic) bond motifs is 1. The molecule has 0 saturated carbocycles. The maximum Gasteiger partial charge on any atom is 0.340 e. The van der Waals surface area contributed by atoms with Gasteiger partial charge in [0, 0.05) is 0 Å². The van der Waals surface area contributed by atoms with E-state index in [1.165, 1.54) is 7.11 Å². The number of aryl methyl sites for hydroxylation is 2. The van der Waals surface area contributed by atoms with E-state index in [2.05, 4.69) is 5.32 Å². The number of hydrogen-bond donors (Lipinski definition) is 2. The lowest BCUT2D eigenvalue weighted by atomic mass is 10.0. The molecule has 9 heteroatoms. The Morgan fingerprint density at radius 1 is 1.33 bits per heavy atom. The number of hydrogen-bond acceptors (Lipinski definition) is 7. The average Bonchev–Trinajstić information content (AvgIpc) is 2.81. The molecule has 1 aliphatic heterocycles. The van der Waals surface area contributed by atoms with Crippen LogP contribution in [0.3, 0.4) is 0 Å². The predicted molar refractivity (Wildman–Crippen MR) is 98.8 cm³/mol. The number of carbonyl (C=O) groups excluding carboxylic acids is 1. The molecule has 0 radical (unpaired) electrons. The Bertz CT molecular complexity index is 1070. The molecule has 1 aromatic heterocycles. The zero-order chi connectivity index (χ0) is 19.9. The van der Waals surface area contributed by atoms with Crippen LogP contribution in [0.1, 0.15) is 16.7 Å². The first-order chi connectivity index (χ1) is 12.6. The zero-order valence-electron chi connectivity index (χ0n) is 15.2. The summed E-state index contributed by atoms with van der Waals surface area (Å²) in [6.45, 7) is 3.55. The standard InChI is InChI=1S/C18H21NO7S/c1-9-4-14(25-3)17-10(2)11(18(22)26-15(17)5-9)6-16(21)19-12-7-27(23,24)8-13(12)20/h4-5,12-13,20H,6-8H2,1-3H3,(H,19,21)/t12-,13+/m1/s1. The number of amides is 1. The Morgan fingerprint density at radius 3 is 2.63 bits per heavy atom. The molecule has 146 valence electrons. The molecular weight excluding hydrogens is 374 g/mol. The van der Waals surface area contributed by atoms with E-state index >= 15 is 0 Å². The highest BCUT2D eigenvalue weighted by Gasteiger charge is 2.37. The molecule has 0 spiro atoms. The van der Waals surface area contributed by atoms with Gasteiger partial charge in [-0.15, -0.1) is 0 Å². The Morgan fingerprint density at radius 2 is 2.04 bits per heavy atom. The van der Waals surface area contributed by atoms with E-state index in [-0.39, 0.29) is 23.5 Å². The summed E-state index contributed by atoms with van der Waals surface area (Å²) in [6.07, 6.45) is -1.44. The first-order valence-electron chi connectivity index (χ1n) is 8.40. The molecule has 0 aliphatic carbocycles. The van der Waals surface area contributed by atoms with Crippen molar-refractivity contribution in [3.63, 3.8) is 0 Å². The highest BCUT2D eigenvalue weighted by molar-refractivity contribution is 7.91. The fourth-order valence-corrected chi connectivity index (χ4v) is 5.13. The van der Waals surface area contributed by atoms with Gasteiger partial charge in [-0.1, -0.05) is 0 Å². The third kappa shape index (κ3) is 3.84. The molecule has 1 aliphatic rings. The Hall–Kier alpha value is -2.39. The maximum absolute atomic E-state index is 12.4. The number of ether oxygens (including phenoxy) is 1. The number of benzene rings is 1. The lowest BCUT2D eigenvalue weighted by Gasteiger charge is -2.16. The molecule has 27 heavy (non-hydrogen) atoms. The molecule has 2 N–H and O–H groups in total. The van der Waals surface area contributed by atoms with Crippen molar-refractivity contribution in [1.29, 1.82) is 0 Å². The number of aliphatic hydroxyl groups excluding tert-OH is 1. The number of aliphatic hydroxyl groups is 1. The van der Waals surface area contributed by atoms with Crippen LogP contribution in [-0.2, 0) is 21.1 Å². The van der Waals surface area contributed by atoms with Gasteiger partial charge in [-0.2, -0.15) is 0 Å². The van der Waals surface area contributed by atoms with E-state index < -0.39 is 33.5 Å². The van der Waals surface area contributed by atoms with Crippen LogP contribution in [0.2, 0.25) is 0 Å². The molecule has 2 heterocycles. The lowest BCUT2D eigenvalue weighted by Crippen LogP contribution is -2.43. The van der Waals surface area contributed by atoms with Crippen LogP contribution in [0.25, 0.3) is 11.0 Å². The molecule has 0 bridgehead atoms. The van der Waals surface area contributed by atoms with Crippen LogP contribution in [0, 0.1) is 13.8 Å². The van der Waals surface area contributed by atoms with Crippen molar-refractivity contribution in [2.45, 2.75) is 32.4 Å². The summed E-state index contributed by atoms with van der Waals surface area (Å²) in [5.41, 5.74) is 1.33. The third-order valence-corrected chi connectivity index (χ3v) is 6.43. The fraction of sp³-hybridized carbons (Fsp3) is 0.444. The second-order valence-electron chi connectivity index (χ2n) is 6.83. The van der Waals surface area contributed by atoms with Crippen LogP contribution in [0.15, 0.2) is 21.3 Å². The van der Waals surface area contributed by atoms with Crippen LogP contribution >= 0.6 is 0 Å². The van der Waals surface area contributed by atoms with Crippen LogP contribution in [0.5, 0.6) is 5.75 Å². The summed E-state index contributed by atoms with van der Waals surface area (Å²) < 4.78 is 33.8. The highest BCUT2D eigenvalue weighted by atomic mass is 32.2. The monoisotopic (exact) mass is 395 g/mol. The van der Waals surface area contributed by atoms with Gasteiger partial charge in [0.05, 0.1) is 48.1 Å². The van der Waals surface area contributed by atoms with Gasteiger partial charge in [-0.3, -0.25) is 4.79 Å². The van der Waals surface area contributed by atoms with Crippen molar-refractivity contribution in [2.75, 3.05) is 18.6 Å². The number of nitrogens with one attached hydrogen (secondary N) is 1. The van der Waals surface area contributed by atoms with Gasteiger partial charge in [0.1, 0.15) is 11.3 Å². The molecule has 1 aromatic carbocycles. The largest absolute Gasteiger partial charge is 0.496 e. The van der Waals surface area contributed by atoms with Crippen molar-refractivity contribution in [3.05, 3.63) is 39.2 Å². The molecule has 1 fully saturated rings. The molecule has 1 saturated heterocycles. The normalized spacial score (nSPS) is 21.3. The predicted octanol–water partition coefficient (Wildman–Crippen LogP) is 0.235. The molecule has 2 atom stereocenters. The molecule has 1 amide bonds. The first-order valence-corrected chi connectivity index (χ1v) is 10.2.